The van der Waals surface area contributed by atoms with Crippen LogP contribution in [-0.4, -0.2) is 32.0 Å². The minimum Gasteiger partial charge on any atom is -0.364 e. The Labute approximate surface area is 139 Å². The van der Waals surface area contributed by atoms with Crippen molar-refractivity contribution in [1.82, 2.24) is 20.0 Å². The van der Waals surface area contributed by atoms with E-state index >= 15 is 0 Å². The van der Waals surface area contributed by atoms with Gasteiger partial charge in [-0.2, -0.15) is 10.2 Å². The van der Waals surface area contributed by atoms with Gasteiger partial charge in [-0.05, 0) is 24.6 Å². The highest BCUT2D eigenvalue weighted by Crippen LogP contribution is 2.10. The van der Waals surface area contributed by atoms with Crippen LogP contribution in [0.25, 0.3) is 5.82 Å². The van der Waals surface area contributed by atoms with Gasteiger partial charge in [0.15, 0.2) is 5.82 Å². The number of hydrogen-bond donors (Lipinski definition) is 1. The standard InChI is InChI=1S/C17H17N5O2/c1-13(24-12-14-5-3-2-4-6-14)17(23)21-15-7-8-16(18-11-15)22-19-9-10-20-22/h2-11,13H,12H2,1H3,(H,21,23). The first-order chi connectivity index (χ1) is 11.7. The number of amides is 1. The summed E-state index contributed by atoms with van der Waals surface area (Å²) in [5.74, 6) is 0.351. The maximum Gasteiger partial charge on any atom is 0.253 e. The third kappa shape index (κ3) is 4.02. The first kappa shape index (κ1) is 15.8. The zero-order valence-electron chi connectivity index (χ0n) is 13.2. The van der Waals surface area contributed by atoms with Crippen LogP contribution in [0.5, 0.6) is 0 Å². The van der Waals surface area contributed by atoms with E-state index in [-0.39, 0.29) is 5.91 Å². The van der Waals surface area contributed by atoms with Gasteiger partial charge in [0.05, 0.1) is 30.9 Å². The Morgan fingerprint density at radius 2 is 1.92 bits per heavy atom. The summed E-state index contributed by atoms with van der Waals surface area (Å²) >= 11 is 0. The van der Waals surface area contributed by atoms with Crippen LogP contribution in [0.15, 0.2) is 61.1 Å². The molecule has 0 aliphatic rings. The van der Waals surface area contributed by atoms with Crippen LogP contribution in [0.1, 0.15) is 12.5 Å². The van der Waals surface area contributed by atoms with E-state index in [4.69, 9.17) is 4.74 Å². The van der Waals surface area contributed by atoms with E-state index in [2.05, 4.69) is 20.5 Å². The Kier molecular flexibility index (Phi) is 4.93. The molecule has 0 saturated heterocycles. The van der Waals surface area contributed by atoms with Crippen molar-refractivity contribution in [3.63, 3.8) is 0 Å². The third-order valence-electron chi connectivity index (χ3n) is 3.35. The van der Waals surface area contributed by atoms with Crippen LogP contribution in [0, 0.1) is 0 Å². The maximum absolute atomic E-state index is 12.2. The van der Waals surface area contributed by atoms with Gasteiger partial charge in [0.2, 0.25) is 0 Å². The fourth-order valence-electron chi connectivity index (χ4n) is 2.03. The molecule has 1 atom stereocenters. The molecule has 0 fully saturated rings. The van der Waals surface area contributed by atoms with Crippen LogP contribution in [-0.2, 0) is 16.1 Å². The summed E-state index contributed by atoms with van der Waals surface area (Å²) < 4.78 is 5.59. The minimum absolute atomic E-state index is 0.224. The molecule has 3 rings (SSSR count). The van der Waals surface area contributed by atoms with Crippen molar-refractivity contribution in [2.45, 2.75) is 19.6 Å². The Morgan fingerprint density at radius 3 is 2.58 bits per heavy atom. The second kappa shape index (κ2) is 7.47. The summed E-state index contributed by atoms with van der Waals surface area (Å²) in [5.41, 5.74) is 1.61. The number of anilines is 1. The number of hydrogen-bond acceptors (Lipinski definition) is 5. The van der Waals surface area contributed by atoms with Crippen LogP contribution in [0.2, 0.25) is 0 Å². The third-order valence-corrected chi connectivity index (χ3v) is 3.35. The number of carbonyl (C=O) groups is 1. The lowest BCUT2D eigenvalue weighted by molar-refractivity contribution is -0.127. The number of ether oxygens (including phenoxy) is 1. The van der Waals surface area contributed by atoms with Crippen LogP contribution in [0.3, 0.4) is 0 Å². The average Bonchev–Trinajstić information content (AvgIpc) is 3.16. The molecule has 0 saturated carbocycles. The Bertz CT molecular complexity index is 773. The van der Waals surface area contributed by atoms with Gasteiger partial charge in [-0.15, -0.1) is 4.80 Å². The zero-order chi connectivity index (χ0) is 16.8. The number of rotatable bonds is 6. The topological polar surface area (TPSA) is 81.9 Å². The average molecular weight is 323 g/mol. The van der Waals surface area contributed by atoms with Gasteiger partial charge < -0.3 is 10.1 Å². The summed E-state index contributed by atoms with van der Waals surface area (Å²) in [5, 5.41) is 10.8. The molecule has 1 N–H and O–H groups in total. The summed E-state index contributed by atoms with van der Waals surface area (Å²) in [6.45, 7) is 2.10. The lowest BCUT2D eigenvalue weighted by Crippen LogP contribution is -2.27. The van der Waals surface area contributed by atoms with E-state index in [9.17, 15) is 4.79 Å². The summed E-state index contributed by atoms with van der Waals surface area (Å²) in [7, 11) is 0. The van der Waals surface area contributed by atoms with Crippen molar-refractivity contribution in [2.24, 2.45) is 0 Å². The number of nitrogens with one attached hydrogen (secondary N) is 1. The van der Waals surface area contributed by atoms with Crippen molar-refractivity contribution in [3.8, 4) is 5.82 Å². The van der Waals surface area contributed by atoms with Gasteiger partial charge in [0.1, 0.15) is 6.10 Å². The summed E-state index contributed by atoms with van der Waals surface area (Å²) in [4.78, 5) is 17.8. The minimum atomic E-state index is -0.572. The van der Waals surface area contributed by atoms with Gasteiger partial charge in [-0.3, -0.25) is 4.79 Å². The van der Waals surface area contributed by atoms with Gasteiger partial charge in [-0.25, -0.2) is 4.98 Å². The molecule has 2 aromatic heterocycles. The van der Waals surface area contributed by atoms with E-state index in [1.807, 2.05) is 30.3 Å². The predicted molar refractivity (Wildman–Crippen MR) is 88.5 cm³/mol. The first-order valence-corrected chi connectivity index (χ1v) is 7.51. The zero-order valence-corrected chi connectivity index (χ0v) is 13.2. The van der Waals surface area contributed by atoms with Crippen molar-refractivity contribution >= 4 is 11.6 Å². The molecule has 24 heavy (non-hydrogen) atoms. The lowest BCUT2D eigenvalue weighted by Gasteiger charge is -2.13. The van der Waals surface area contributed by atoms with Crippen LogP contribution < -0.4 is 5.32 Å². The van der Waals surface area contributed by atoms with Gasteiger partial charge in [-0.1, -0.05) is 30.3 Å². The number of nitrogens with zero attached hydrogens (tertiary/aromatic N) is 4. The number of pyridine rings is 1. The van der Waals surface area contributed by atoms with Crippen molar-refractivity contribution in [2.75, 3.05) is 5.32 Å². The van der Waals surface area contributed by atoms with Crippen LogP contribution >= 0.6 is 0 Å². The second-order valence-corrected chi connectivity index (χ2v) is 5.15. The number of carbonyl (C=O) groups excluding carboxylic acids is 1. The molecule has 0 aliphatic carbocycles. The highest BCUT2D eigenvalue weighted by Gasteiger charge is 2.14. The molecule has 2 heterocycles. The maximum atomic E-state index is 12.2. The molecule has 7 nitrogen and oxygen atoms in total. The van der Waals surface area contributed by atoms with Crippen LogP contribution in [0.4, 0.5) is 5.69 Å². The molecule has 122 valence electrons. The molecule has 3 aromatic rings. The molecular weight excluding hydrogens is 306 g/mol. The number of benzene rings is 1. The van der Waals surface area contributed by atoms with E-state index in [0.29, 0.717) is 18.1 Å². The fraction of sp³-hybridized carbons (Fsp3) is 0.176. The molecule has 7 heteroatoms. The molecule has 0 bridgehead atoms. The van der Waals surface area contributed by atoms with E-state index in [1.165, 1.54) is 4.80 Å². The lowest BCUT2D eigenvalue weighted by atomic mass is 10.2. The monoisotopic (exact) mass is 323 g/mol. The molecule has 1 amide bonds. The molecule has 0 radical (unpaired) electrons. The van der Waals surface area contributed by atoms with Crippen molar-refractivity contribution < 1.29 is 9.53 Å². The largest absolute Gasteiger partial charge is 0.364 e. The van der Waals surface area contributed by atoms with Gasteiger partial charge in [0, 0.05) is 0 Å². The smallest absolute Gasteiger partial charge is 0.253 e. The van der Waals surface area contributed by atoms with E-state index in [0.717, 1.165) is 5.56 Å². The summed E-state index contributed by atoms with van der Waals surface area (Å²) in [6, 6.07) is 13.2. The van der Waals surface area contributed by atoms with Crippen molar-refractivity contribution in [1.29, 1.82) is 0 Å². The van der Waals surface area contributed by atoms with Gasteiger partial charge in [0.25, 0.3) is 5.91 Å². The Balaban J connectivity index is 1.54. The normalized spacial score (nSPS) is 11.9. The summed E-state index contributed by atoms with van der Waals surface area (Å²) in [6.07, 6.45) is 4.13. The molecule has 0 spiro atoms. The SMILES string of the molecule is CC(OCc1ccccc1)C(=O)Nc1ccc(-n2nccn2)nc1. The highest BCUT2D eigenvalue weighted by molar-refractivity contribution is 5.93. The van der Waals surface area contributed by atoms with E-state index < -0.39 is 6.10 Å². The molecule has 1 unspecified atom stereocenters. The Hall–Kier alpha value is -3.06. The van der Waals surface area contributed by atoms with Crippen molar-refractivity contribution in [3.05, 3.63) is 66.6 Å². The number of aromatic nitrogens is 4. The predicted octanol–water partition coefficient (Wildman–Crippen LogP) is 2.21. The molecule has 1 aromatic carbocycles. The first-order valence-electron chi connectivity index (χ1n) is 7.51. The second-order valence-electron chi connectivity index (χ2n) is 5.15. The van der Waals surface area contributed by atoms with Gasteiger partial charge >= 0.3 is 0 Å². The molecular formula is C17H17N5O2. The fourth-order valence-corrected chi connectivity index (χ4v) is 2.03. The quantitative estimate of drug-likeness (QED) is 0.752. The highest BCUT2D eigenvalue weighted by atomic mass is 16.5. The van der Waals surface area contributed by atoms with E-state index in [1.54, 1.807) is 37.6 Å². The molecule has 0 aliphatic heterocycles. The Morgan fingerprint density at radius 1 is 1.17 bits per heavy atom.